The Hall–Kier alpha value is -2.77. The summed E-state index contributed by atoms with van der Waals surface area (Å²) in [7, 11) is 0. The summed E-state index contributed by atoms with van der Waals surface area (Å²) in [6, 6.07) is 13.5. The van der Waals surface area contributed by atoms with Gasteiger partial charge in [0.15, 0.2) is 0 Å². The molecule has 2 atom stereocenters. The Kier molecular flexibility index (Phi) is 5.83. The number of likely N-dealkylation sites (tertiary alicyclic amines) is 1. The number of rotatable bonds is 4. The number of anilines is 1. The smallest absolute Gasteiger partial charge is 0.293 e. The molecule has 0 unspecified atom stereocenters. The van der Waals surface area contributed by atoms with Crippen LogP contribution in [-0.2, 0) is 17.6 Å². The third-order valence-electron chi connectivity index (χ3n) is 6.44. The van der Waals surface area contributed by atoms with Crippen LogP contribution in [0.4, 0.5) is 11.4 Å². The van der Waals surface area contributed by atoms with Crippen LogP contribution >= 0.6 is 0 Å². The van der Waals surface area contributed by atoms with Crippen molar-refractivity contribution in [2.75, 3.05) is 18.4 Å². The fourth-order valence-electron chi connectivity index (χ4n) is 4.94. The Bertz CT molecular complexity index is 939. The van der Waals surface area contributed by atoms with Crippen molar-refractivity contribution in [2.45, 2.75) is 50.7 Å². The molecule has 1 heterocycles. The molecule has 7 nitrogen and oxygen atoms in total. The molecule has 1 fully saturated rings. The molecule has 0 aromatic heterocycles. The second-order valence-electron chi connectivity index (χ2n) is 8.30. The number of carbonyl (C=O) groups is 1. The number of hydrogen-bond donors (Lipinski definition) is 2. The zero-order valence-electron chi connectivity index (χ0n) is 17.1. The lowest BCUT2D eigenvalue weighted by atomic mass is 9.82. The number of aliphatic hydroxyl groups is 1. The number of piperidine rings is 1. The normalized spacial score (nSPS) is 22.3. The molecule has 1 saturated heterocycles. The van der Waals surface area contributed by atoms with Crippen LogP contribution in [0.1, 0.15) is 42.4 Å². The lowest BCUT2D eigenvalue weighted by Gasteiger charge is -2.42. The molecule has 4 rings (SSSR count). The number of benzene rings is 2. The number of hydrogen-bond acceptors (Lipinski definition) is 5. The number of nitro benzene ring substituents is 1. The van der Waals surface area contributed by atoms with Crippen molar-refractivity contribution in [2.24, 2.45) is 0 Å². The zero-order valence-corrected chi connectivity index (χ0v) is 17.1. The fraction of sp³-hybridized carbons (Fsp3) is 0.435. The van der Waals surface area contributed by atoms with E-state index in [2.05, 4.69) is 34.5 Å². The summed E-state index contributed by atoms with van der Waals surface area (Å²) >= 11 is 0. The lowest BCUT2D eigenvalue weighted by molar-refractivity contribution is -0.384. The minimum absolute atomic E-state index is 0.0955. The molecule has 2 aliphatic rings. The van der Waals surface area contributed by atoms with Crippen molar-refractivity contribution in [1.82, 2.24) is 4.90 Å². The van der Waals surface area contributed by atoms with Crippen molar-refractivity contribution < 1.29 is 14.8 Å². The van der Waals surface area contributed by atoms with Gasteiger partial charge in [-0.15, -0.1) is 0 Å². The minimum atomic E-state index is -0.530. The summed E-state index contributed by atoms with van der Waals surface area (Å²) in [6.07, 6.45) is 2.44. The number of carbonyl (C=O) groups excluding carboxylic acids is 1. The summed E-state index contributed by atoms with van der Waals surface area (Å²) in [5.74, 6) is 0.185. The summed E-state index contributed by atoms with van der Waals surface area (Å²) < 4.78 is 0. The molecule has 30 heavy (non-hydrogen) atoms. The van der Waals surface area contributed by atoms with Crippen molar-refractivity contribution in [3.63, 3.8) is 0 Å². The molecule has 7 heteroatoms. The van der Waals surface area contributed by atoms with Crippen LogP contribution in [0.5, 0.6) is 0 Å². The Labute approximate surface area is 175 Å². The van der Waals surface area contributed by atoms with E-state index in [9.17, 15) is 20.0 Å². The highest BCUT2D eigenvalue weighted by atomic mass is 16.6. The molecule has 0 radical (unpaired) electrons. The summed E-state index contributed by atoms with van der Waals surface area (Å²) in [6.45, 7) is 3.11. The fourth-order valence-corrected chi connectivity index (χ4v) is 4.94. The highest BCUT2D eigenvalue weighted by Gasteiger charge is 2.36. The number of amides is 1. The Balaban J connectivity index is 1.55. The molecular weight excluding hydrogens is 382 g/mol. The van der Waals surface area contributed by atoms with Crippen LogP contribution in [-0.4, -0.2) is 46.1 Å². The summed E-state index contributed by atoms with van der Waals surface area (Å²) in [5, 5.41) is 25.0. The molecule has 0 spiro atoms. The van der Waals surface area contributed by atoms with Gasteiger partial charge in [0.05, 0.1) is 11.0 Å². The summed E-state index contributed by atoms with van der Waals surface area (Å²) in [5.41, 5.74) is 3.19. The first-order chi connectivity index (χ1) is 14.4. The van der Waals surface area contributed by atoms with E-state index in [1.165, 1.54) is 18.6 Å². The quantitative estimate of drug-likeness (QED) is 0.597. The van der Waals surface area contributed by atoms with Gasteiger partial charge in [-0.3, -0.25) is 19.8 Å². The topological polar surface area (TPSA) is 95.7 Å². The van der Waals surface area contributed by atoms with E-state index in [1.54, 1.807) is 6.07 Å². The predicted octanol–water partition coefficient (Wildman–Crippen LogP) is 3.26. The molecule has 1 amide bonds. The van der Waals surface area contributed by atoms with Crippen LogP contribution in [0, 0.1) is 10.1 Å². The monoisotopic (exact) mass is 409 g/mol. The zero-order chi connectivity index (χ0) is 21.3. The Morgan fingerprint density at radius 1 is 1.13 bits per heavy atom. The van der Waals surface area contributed by atoms with E-state index in [1.807, 2.05) is 6.07 Å². The number of nitro groups is 1. The van der Waals surface area contributed by atoms with Crippen molar-refractivity contribution in [3.05, 3.63) is 69.3 Å². The van der Waals surface area contributed by atoms with E-state index in [0.717, 1.165) is 37.1 Å². The van der Waals surface area contributed by atoms with Gasteiger partial charge in [-0.1, -0.05) is 36.4 Å². The Morgan fingerprint density at radius 2 is 1.83 bits per heavy atom. The molecule has 0 bridgehead atoms. The van der Waals surface area contributed by atoms with E-state index in [4.69, 9.17) is 0 Å². The first-order valence-electron chi connectivity index (χ1n) is 10.5. The molecule has 2 aromatic rings. The van der Waals surface area contributed by atoms with Gasteiger partial charge in [-0.25, -0.2) is 0 Å². The SMILES string of the molecule is CC(=O)Nc1c([N+](=O)[O-])ccc2c1C[C@@H](N1CCC(c3ccccc3)CC1)[C@H](O)C2. The van der Waals surface area contributed by atoms with Crippen LogP contribution in [0.3, 0.4) is 0 Å². The van der Waals surface area contributed by atoms with Crippen LogP contribution in [0.2, 0.25) is 0 Å². The highest BCUT2D eigenvalue weighted by molar-refractivity contribution is 5.93. The maximum atomic E-state index is 11.7. The maximum Gasteiger partial charge on any atom is 0.293 e. The van der Waals surface area contributed by atoms with E-state index in [-0.39, 0.29) is 23.3 Å². The number of nitrogens with one attached hydrogen (secondary N) is 1. The third-order valence-corrected chi connectivity index (χ3v) is 6.44. The average molecular weight is 409 g/mol. The highest BCUT2D eigenvalue weighted by Crippen LogP contribution is 2.38. The molecule has 2 N–H and O–H groups in total. The van der Waals surface area contributed by atoms with Gasteiger partial charge in [0.1, 0.15) is 5.69 Å². The van der Waals surface area contributed by atoms with E-state index >= 15 is 0 Å². The second kappa shape index (κ2) is 8.53. The first kappa shape index (κ1) is 20.5. The molecule has 1 aliphatic carbocycles. The number of fused-ring (bicyclic) bond motifs is 1. The standard InChI is InChI=1S/C23H27N3O4/c1-15(27)24-23-19-14-21(22(28)13-18(19)7-8-20(23)26(29)30)25-11-9-17(10-12-25)16-5-3-2-4-6-16/h2-8,17,21-22,28H,9-14H2,1H3,(H,24,27)/t21-,22-/m1/s1. The molecule has 1 aliphatic heterocycles. The third kappa shape index (κ3) is 4.08. The van der Waals surface area contributed by atoms with E-state index < -0.39 is 11.0 Å². The van der Waals surface area contributed by atoms with Crippen LogP contribution in [0.15, 0.2) is 42.5 Å². The van der Waals surface area contributed by atoms with Gasteiger partial charge in [-0.2, -0.15) is 0 Å². The lowest BCUT2D eigenvalue weighted by Crippen LogP contribution is -2.51. The van der Waals surface area contributed by atoms with Crippen LogP contribution < -0.4 is 5.32 Å². The van der Waals surface area contributed by atoms with Gasteiger partial charge in [0.25, 0.3) is 5.69 Å². The largest absolute Gasteiger partial charge is 0.391 e. The van der Waals surface area contributed by atoms with Gasteiger partial charge < -0.3 is 10.4 Å². The molecule has 2 aromatic carbocycles. The first-order valence-corrected chi connectivity index (χ1v) is 10.5. The maximum absolute atomic E-state index is 11.7. The molecule has 158 valence electrons. The van der Waals surface area contributed by atoms with Gasteiger partial charge in [-0.05, 0) is 55.0 Å². The van der Waals surface area contributed by atoms with Crippen molar-refractivity contribution in [1.29, 1.82) is 0 Å². The Morgan fingerprint density at radius 3 is 2.47 bits per heavy atom. The number of aliphatic hydroxyl groups excluding tert-OH is 1. The van der Waals surface area contributed by atoms with Gasteiger partial charge in [0, 0.05) is 25.5 Å². The second-order valence-corrected chi connectivity index (χ2v) is 8.30. The average Bonchev–Trinajstić information content (AvgIpc) is 2.74. The molecule has 0 saturated carbocycles. The van der Waals surface area contributed by atoms with Gasteiger partial charge in [0.2, 0.25) is 5.91 Å². The van der Waals surface area contributed by atoms with E-state index in [0.29, 0.717) is 18.8 Å². The van der Waals surface area contributed by atoms with Crippen molar-refractivity contribution >= 4 is 17.3 Å². The minimum Gasteiger partial charge on any atom is -0.391 e. The molecular formula is C23H27N3O4. The predicted molar refractivity (Wildman–Crippen MR) is 115 cm³/mol. The summed E-state index contributed by atoms with van der Waals surface area (Å²) in [4.78, 5) is 25.0. The van der Waals surface area contributed by atoms with Crippen LogP contribution in [0.25, 0.3) is 0 Å². The number of nitrogens with zero attached hydrogens (tertiary/aromatic N) is 2. The van der Waals surface area contributed by atoms with Gasteiger partial charge >= 0.3 is 0 Å². The van der Waals surface area contributed by atoms with Crippen molar-refractivity contribution in [3.8, 4) is 0 Å².